The second-order valence-electron chi connectivity index (χ2n) is 4.41. The van der Waals surface area contributed by atoms with Crippen molar-refractivity contribution >= 4 is 11.6 Å². The first-order chi connectivity index (χ1) is 9.66. The first kappa shape index (κ1) is 12.7. The zero-order valence-corrected chi connectivity index (χ0v) is 11.6. The Kier molecular flexibility index (Phi) is 3.16. The van der Waals surface area contributed by atoms with Crippen LogP contribution in [0.1, 0.15) is 0 Å². The molecule has 0 aliphatic carbocycles. The maximum atomic E-state index is 12.3. The molecule has 0 aliphatic rings. The molecule has 0 fully saturated rings. The fourth-order valence-electron chi connectivity index (χ4n) is 2.06. The molecule has 20 heavy (non-hydrogen) atoms. The van der Waals surface area contributed by atoms with E-state index in [4.69, 9.17) is 11.6 Å². The van der Waals surface area contributed by atoms with Gasteiger partial charge in [-0.05, 0) is 36.4 Å². The maximum absolute atomic E-state index is 12.3. The Labute approximate surface area is 120 Å². The molecular weight excluding hydrogens is 274 g/mol. The highest BCUT2D eigenvalue weighted by Crippen LogP contribution is 2.21. The number of hydrogen-bond acceptors (Lipinski definition) is 2. The van der Waals surface area contributed by atoms with Gasteiger partial charge < -0.3 is 0 Å². The summed E-state index contributed by atoms with van der Waals surface area (Å²) in [5, 5.41) is 4.96. The van der Waals surface area contributed by atoms with Crippen LogP contribution < -0.4 is 5.69 Å². The molecule has 0 unspecified atom stereocenters. The van der Waals surface area contributed by atoms with Crippen LogP contribution in [0.2, 0.25) is 5.02 Å². The average molecular weight is 286 g/mol. The van der Waals surface area contributed by atoms with Gasteiger partial charge in [-0.15, -0.1) is 5.10 Å². The van der Waals surface area contributed by atoms with Crippen LogP contribution in [0.15, 0.2) is 59.4 Å². The van der Waals surface area contributed by atoms with Crippen molar-refractivity contribution in [2.75, 3.05) is 0 Å². The predicted molar refractivity (Wildman–Crippen MR) is 79.3 cm³/mol. The minimum Gasteiger partial charge on any atom is -0.246 e. The third-order valence-electron chi connectivity index (χ3n) is 3.04. The summed E-state index contributed by atoms with van der Waals surface area (Å²) in [6, 6.07) is 16.7. The second-order valence-corrected chi connectivity index (χ2v) is 4.84. The monoisotopic (exact) mass is 285 g/mol. The molecule has 0 atom stereocenters. The van der Waals surface area contributed by atoms with Crippen LogP contribution in [-0.2, 0) is 7.05 Å². The van der Waals surface area contributed by atoms with Crippen LogP contribution in [0.3, 0.4) is 0 Å². The SMILES string of the molecule is Cn1nc(-c2ccc(Cl)cc2)n(-c2ccccc2)c1=O. The number of benzene rings is 2. The fraction of sp³-hybridized carbons (Fsp3) is 0.0667. The van der Waals surface area contributed by atoms with Gasteiger partial charge in [0.05, 0.1) is 5.69 Å². The summed E-state index contributed by atoms with van der Waals surface area (Å²) in [6.45, 7) is 0. The lowest BCUT2D eigenvalue weighted by Crippen LogP contribution is -2.21. The lowest BCUT2D eigenvalue weighted by molar-refractivity contribution is 0.727. The lowest BCUT2D eigenvalue weighted by Gasteiger charge is -2.05. The Balaban J connectivity index is 2.25. The summed E-state index contributed by atoms with van der Waals surface area (Å²) in [6.07, 6.45) is 0. The van der Waals surface area contributed by atoms with Crippen molar-refractivity contribution in [2.45, 2.75) is 0 Å². The molecule has 0 radical (unpaired) electrons. The molecule has 1 aromatic heterocycles. The van der Waals surface area contributed by atoms with E-state index in [0.29, 0.717) is 10.8 Å². The van der Waals surface area contributed by atoms with Gasteiger partial charge in [-0.25, -0.2) is 14.0 Å². The molecule has 0 aliphatic heterocycles. The van der Waals surface area contributed by atoms with Crippen molar-refractivity contribution in [1.29, 1.82) is 0 Å². The molecule has 0 amide bonds. The Morgan fingerprint density at radius 1 is 1.00 bits per heavy atom. The molecule has 4 nitrogen and oxygen atoms in total. The minimum atomic E-state index is -0.179. The Bertz CT molecular complexity index is 788. The summed E-state index contributed by atoms with van der Waals surface area (Å²) < 4.78 is 2.92. The van der Waals surface area contributed by atoms with Gasteiger partial charge >= 0.3 is 5.69 Å². The topological polar surface area (TPSA) is 39.8 Å². The highest BCUT2D eigenvalue weighted by molar-refractivity contribution is 6.30. The predicted octanol–water partition coefficient (Wildman–Crippen LogP) is 2.89. The van der Waals surface area contributed by atoms with E-state index in [1.54, 1.807) is 23.7 Å². The number of aryl methyl sites for hydroxylation is 1. The summed E-state index contributed by atoms with van der Waals surface area (Å²) >= 11 is 5.90. The lowest BCUT2D eigenvalue weighted by atomic mass is 10.2. The number of halogens is 1. The summed E-state index contributed by atoms with van der Waals surface area (Å²) in [4.78, 5) is 12.3. The average Bonchev–Trinajstić information content (AvgIpc) is 2.77. The smallest absolute Gasteiger partial charge is 0.246 e. The van der Waals surface area contributed by atoms with Crippen LogP contribution >= 0.6 is 11.6 Å². The normalized spacial score (nSPS) is 10.7. The van der Waals surface area contributed by atoms with Crippen LogP contribution in [0.4, 0.5) is 0 Å². The molecule has 100 valence electrons. The first-order valence-electron chi connectivity index (χ1n) is 6.14. The van der Waals surface area contributed by atoms with E-state index in [1.807, 2.05) is 42.5 Å². The van der Waals surface area contributed by atoms with E-state index in [-0.39, 0.29) is 5.69 Å². The van der Waals surface area contributed by atoms with Crippen molar-refractivity contribution in [3.05, 3.63) is 70.1 Å². The van der Waals surface area contributed by atoms with Crippen molar-refractivity contribution in [1.82, 2.24) is 14.3 Å². The van der Waals surface area contributed by atoms with E-state index < -0.39 is 0 Å². The van der Waals surface area contributed by atoms with Gasteiger partial charge in [0.15, 0.2) is 5.82 Å². The Morgan fingerprint density at radius 3 is 2.30 bits per heavy atom. The van der Waals surface area contributed by atoms with Gasteiger partial charge in [-0.2, -0.15) is 0 Å². The van der Waals surface area contributed by atoms with E-state index in [2.05, 4.69) is 5.10 Å². The maximum Gasteiger partial charge on any atom is 0.350 e. The quantitative estimate of drug-likeness (QED) is 0.726. The van der Waals surface area contributed by atoms with Gasteiger partial charge in [-0.1, -0.05) is 29.8 Å². The van der Waals surface area contributed by atoms with Gasteiger partial charge in [0.1, 0.15) is 0 Å². The number of nitrogens with zero attached hydrogens (tertiary/aromatic N) is 3. The van der Waals surface area contributed by atoms with Crippen LogP contribution in [0.25, 0.3) is 17.1 Å². The van der Waals surface area contributed by atoms with Gasteiger partial charge in [0.2, 0.25) is 0 Å². The molecule has 2 aromatic carbocycles. The Hall–Kier alpha value is -2.33. The number of hydrogen-bond donors (Lipinski definition) is 0. The molecule has 1 heterocycles. The fourth-order valence-corrected chi connectivity index (χ4v) is 2.19. The Morgan fingerprint density at radius 2 is 1.65 bits per heavy atom. The molecule has 0 N–H and O–H groups in total. The van der Waals surface area contributed by atoms with Crippen LogP contribution in [0, 0.1) is 0 Å². The summed E-state index contributed by atoms with van der Waals surface area (Å²) in [5.41, 5.74) is 1.45. The number of para-hydroxylation sites is 1. The van der Waals surface area contributed by atoms with Crippen LogP contribution in [-0.4, -0.2) is 14.3 Å². The highest BCUT2D eigenvalue weighted by atomic mass is 35.5. The van der Waals surface area contributed by atoms with Crippen molar-refractivity contribution in [3.63, 3.8) is 0 Å². The molecule has 5 heteroatoms. The van der Waals surface area contributed by atoms with E-state index in [1.165, 1.54) is 4.68 Å². The molecule has 0 saturated carbocycles. The summed E-state index contributed by atoms with van der Waals surface area (Å²) in [5.74, 6) is 0.598. The van der Waals surface area contributed by atoms with Crippen molar-refractivity contribution < 1.29 is 0 Å². The molecule has 0 spiro atoms. The first-order valence-corrected chi connectivity index (χ1v) is 6.52. The molecule has 0 bridgehead atoms. The van der Waals surface area contributed by atoms with E-state index in [0.717, 1.165) is 11.3 Å². The van der Waals surface area contributed by atoms with Crippen LogP contribution in [0.5, 0.6) is 0 Å². The zero-order valence-electron chi connectivity index (χ0n) is 10.8. The third kappa shape index (κ3) is 2.14. The number of rotatable bonds is 2. The minimum absolute atomic E-state index is 0.179. The van der Waals surface area contributed by atoms with Gasteiger partial charge in [0, 0.05) is 17.6 Å². The largest absolute Gasteiger partial charge is 0.350 e. The highest BCUT2D eigenvalue weighted by Gasteiger charge is 2.14. The molecule has 3 rings (SSSR count). The number of aromatic nitrogens is 3. The molecule has 3 aromatic rings. The van der Waals surface area contributed by atoms with Crippen molar-refractivity contribution in [2.24, 2.45) is 7.05 Å². The van der Waals surface area contributed by atoms with Gasteiger partial charge in [0.25, 0.3) is 0 Å². The van der Waals surface area contributed by atoms with E-state index in [9.17, 15) is 4.79 Å². The van der Waals surface area contributed by atoms with Gasteiger partial charge in [-0.3, -0.25) is 0 Å². The second kappa shape index (κ2) is 4.98. The molecular formula is C15H12ClN3O. The van der Waals surface area contributed by atoms with E-state index >= 15 is 0 Å². The van der Waals surface area contributed by atoms with Crippen molar-refractivity contribution in [3.8, 4) is 17.1 Å². The standard InChI is InChI=1S/C15H12ClN3O/c1-18-15(20)19(13-5-3-2-4-6-13)14(17-18)11-7-9-12(16)10-8-11/h2-10H,1H3. The zero-order chi connectivity index (χ0) is 14.1. The summed E-state index contributed by atoms with van der Waals surface area (Å²) in [7, 11) is 1.64. The molecule has 0 saturated heterocycles. The third-order valence-corrected chi connectivity index (χ3v) is 3.29.